The molecule has 0 bridgehead atoms. The second-order valence-electron chi connectivity index (χ2n) is 5.18. The van der Waals surface area contributed by atoms with Gasteiger partial charge in [-0.1, -0.05) is 37.3 Å². The number of rotatable bonds is 5. The van der Waals surface area contributed by atoms with Crippen LogP contribution in [0.3, 0.4) is 0 Å². The predicted octanol–water partition coefficient (Wildman–Crippen LogP) is 1.22. The quantitative estimate of drug-likeness (QED) is 0.656. The van der Waals surface area contributed by atoms with E-state index < -0.39 is 0 Å². The highest BCUT2D eigenvalue weighted by molar-refractivity contribution is 6.07. The van der Waals surface area contributed by atoms with E-state index in [0.717, 1.165) is 12.0 Å². The first-order valence-corrected chi connectivity index (χ1v) is 7.26. The summed E-state index contributed by atoms with van der Waals surface area (Å²) in [5.41, 5.74) is 0.949. The molecule has 0 aromatic heterocycles. The number of hydrogen-bond acceptors (Lipinski definition) is 4. The van der Waals surface area contributed by atoms with Crippen molar-refractivity contribution in [2.75, 3.05) is 27.2 Å². The zero-order valence-corrected chi connectivity index (χ0v) is 13.1. The summed E-state index contributed by atoms with van der Waals surface area (Å²) in [4.78, 5) is 24.5. The smallest absolute Gasteiger partial charge is 0.289 e. The van der Waals surface area contributed by atoms with Crippen LogP contribution >= 0.6 is 0 Å². The highest BCUT2D eigenvalue weighted by atomic mass is 16.5. The van der Waals surface area contributed by atoms with E-state index in [1.165, 1.54) is 5.01 Å². The monoisotopic (exact) mass is 303 g/mol. The minimum absolute atomic E-state index is 0.00514. The molecule has 0 unspecified atom stereocenters. The second kappa shape index (κ2) is 7.09. The Balaban J connectivity index is 2.47. The highest BCUT2D eigenvalue weighted by Crippen LogP contribution is 2.22. The SMILES string of the molecule is CCCOC(=C1NC(=O)CN(N(C)C)C1=O)c1ccccc1. The fraction of sp³-hybridized carbons (Fsp3) is 0.375. The molecule has 0 spiro atoms. The zero-order chi connectivity index (χ0) is 16.1. The Bertz CT molecular complexity index is 582. The van der Waals surface area contributed by atoms with Crippen molar-refractivity contribution >= 4 is 17.6 Å². The van der Waals surface area contributed by atoms with Crippen molar-refractivity contribution in [3.05, 3.63) is 41.6 Å². The van der Waals surface area contributed by atoms with Gasteiger partial charge in [0.25, 0.3) is 5.91 Å². The lowest BCUT2D eigenvalue weighted by Crippen LogP contribution is -2.55. The number of amides is 2. The number of nitrogens with zero attached hydrogens (tertiary/aromatic N) is 2. The lowest BCUT2D eigenvalue weighted by molar-refractivity contribution is -0.150. The Morgan fingerprint density at radius 2 is 1.95 bits per heavy atom. The van der Waals surface area contributed by atoms with E-state index in [9.17, 15) is 9.59 Å². The minimum atomic E-state index is -0.278. The first kappa shape index (κ1) is 16.0. The van der Waals surface area contributed by atoms with Gasteiger partial charge in [0.1, 0.15) is 6.54 Å². The number of hydrogen-bond donors (Lipinski definition) is 1. The van der Waals surface area contributed by atoms with Crippen LogP contribution in [0.1, 0.15) is 18.9 Å². The molecule has 6 heteroatoms. The molecule has 0 radical (unpaired) electrons. The highest BCUT2D eigenvalue weighted by Gasteiger charge is 2.33. The third-order valence-electron chi connectivity index (χ3n) is 3.20. The number of ether oxygens (including phenoxy) is 1. The maximum Gasteiger partial charge on any atom is 0.289 e. The van der Waals surface area contributed by atoms with Crippen molar-refractivity contribution in [3.8, 4) is 0 Å². The fourth-order valence-electron chi connectivity index (χ4n) is 2.14. The number of hydrazine groups is 1. The first-order chi connectivity index (χ1) is 10.5. The Morgan fingerprint density at radius 3 is 2.55 bits per heavy atom. The van der Waals surface area contributed by atoms with Crippen LogP contribution in [0.25, 0.3) is 5.76 Å². The van der Waals surface area contributed by atoms with E-state index in [2.05, 4.69) is 5.32 Å². The molecule has 1 aromatic rings. The molecule has 0 aliphatic carbocycles. The van der Waals surface area contributed by atoms with Gasteiger partial charge in [-0.3, -0.25) is 14.6 Å². The number of benzene rings is 1. The van der Waals surface area contributed by atoms with E-state index in [-0.39, 0.29) is 24.1 Å². The van der Waals surface area contributed by atoms with E-state index >= 15 is 0 Å². The van der Waals surface area contributed by atoms with Crippen molar-refractivity contribution in [1.29, 1.82) is 0 Å². The van der Waals surface area contributed by atoms with Crippen molar-refractivity contribution in [1.82, 2.24) is 15.3 Å². The van der Waals surface area contributed by atoms with Crippen molar-refractivity contribution < 1.29 is 14.3 Å². The predicted molar refractivity (Wildman–Crippen MR) is 83.1 cm³/mol. The second-order valence-corrected chi connectivity index (χ2v) is 5.18. The largest absolute Gasteiger partial charge is 0.491 e. The summed E-state index contributed by atoms with van der Waals surface area (Å²) in [6, 6.07) is 9.32. The summed E-state index contributed by atoms with van der Waals surface area (Å²) >= 11 is 0. The number of nitrogens with one attached hydrogen (secondary N) is 1. The average Bonchev–Trinajstić information content (AvgIpc) is 2.51. The molecule has 1 N–H and O–H groups in total. The Kier molecular flexibility index (Phi) is 5.16. The van der Waals surface area contributed by atoms with Gasteiger partial charge in [-0.25, -0.2) is 5.01 Å². The van der Waals surface area contributed by atoms with Gasteiger partial charge in [-0.05, 0) is 6.42 Å². The maximum atomic E-state index is 12.6. The van der Waals surface area contributed by atoms with Gasteiger partial charge in [0.05, 0.1) is 6.61 Å². The molecule has 118 valence electrons. The molecule has 1 saturated heterocycles. The van der Waals surface area contributed by atoms with Crippen LogP contribution in [-0.4, -0.2) is 49.1 Å². The van der Waals surface area contributed by atoms with Gasteiger partial charge >= 0.3 is 0 Å². The van der Waals surface area contributed by atoms with Gasteiger partial charge in [-0.15, -0.1) is 0 Å². The summed E-state index contributed by atoms with van der Waals surface area (Å²) in [6.45, 7) is 2.46. The van der Waals surface area contributed by atoms with Crippen LogP contribution in [-0.2, 0) is 14.3 Å². The van der Waals surface area contributed by atoms with Gasteiger partial charge in [0, 0.05) is 19.7 Å². The lowest BCUT2D eigenvalue weighted by atomic mass is 10.1. The maximum absolute atomic E-state index is 12.6. The molecule has 1 fully saturated rings. The minimum Gasteiger partial charge on any atom is -0.491 e. The normalized spacial score (nSPS) is 17.5. The number of piperazine rings is 1. The van der Waals surface area contributed by atoms with Crippen LogP contribution in [0, 0.1) is 0 Å². The lowest BCUT2D eigenvalue weighted by Gasteiger charge is -2.33. The van der Waals surface area contributed by atoms with Gasteiger partial charge in [0.15, 0.2) is 11.5 Å². The van der Waals surface area contributed by atoms with Crippen molar-refractivity contribution in [2.24, 2.45) is 0 Å². The molecule has 2 rings (SSSR count). The molecule has 0 saturated carbocycles. The first-order valence-electron chi connectivity index (χ1n) is 7.26. The summed E-state index contributed by atoms with van der Waals surface area (Å²) in [5.74, 6) is -0.108. The Hall–Kier alpha value is -2.34. The molecular formula is C16H21N3O3. The number of carbonyl (C=O) groups excluding carboxylic acids is 2. The van der Waals surface area contributed by atoms with Crippen LogP contribution in [0.5, 0.6) is 0 Å². The van der Waals surface area contributed by atoms with Crippen LogP contribution in [0.2, 0.25) is 0 Å². The van der Waals surface area contributed by atoms with Crippen LogP contribution < -0.4 is 5.32 Å². The van der Waals surface area contributed by atoms with E-state index in [1.54, 1.807) is 19.1 Å². The third kappa shape index (κ3) is 3.46. The molecule has 1 aliphatic heterocycles. The molecule has 1 heterocycles. The summed E-state index contributed by atoms with van der Waals surface area (Å²) in [6.07, 6.45) is 0.809. The standard InChI is InChI=1S/C16H21N3O3/c1-4-10-22-15(12-8-6-5-7-9-12)14-16(21)19(18(2)3)11-13(20)17-14/h5-9H,4,10-11H2,1-3H3,(H,17,20). The van der Waals surface area contributed by atoms with E-state index in [1.807, 2.05) is 37.3 Å². The fourth-order valence-corrected chi connectivity index (χ4v) is 2.14. The van der Waals surface area contributed by atoms with Gasteiger partial charge in [-0.2, -0.15) is 0 Å². The molecule has 22 heavy (non-hydrogen) atoms. The van der Waals surface area contributed by atoms with Crippen molar-refractivity contribution in [3.63, 3.8) is 0 Å². The Morgan fingerprint density at radius 1 is 1.27 bits per heavy atom. The van der Waals surface area contributed by atoms with Crippen molar-refractivity contribution in [2.45, 2.75) is 13.3 Å². The van der Waals surface area contributed by atoms with E-state index in [0.29, 0.717) is 12.4 Å². The summed E-state index contributed by atoms with van der Waals surface area (Å²) < 4.78 is 5.76. The Labute approximate surface area is 130 Å². The third-order valence-corrected chi connectivity index (χ3v) is 3.20. The topological polar surface area (TPSA) is 61.9 Å². The van der Waals surface area contributed by atoms with Gasteiger partial charge < -0.3 is 10.1 Å². The summed E-state index contributed by atoms with van der Waals surface area (Å²) in [5, 5.41) is 5.64. The van der Waals surface area contributed by atoms with Gasteiger partial charge in [0.2, 0.25) is 5.91 Å². The van der Waals surface area contributed by atoms with Crippen LogP contribution in [0.4, 0.5) is 0 Å². The molecule has 6 nitrogen and oxygen atoms in total. The van der Waals surface area contributed by atoms with Crippen LogP contribution in [0.15, 0.2) is 36.0 Å². The molecule has 0 atom stereocenters. The molecule has 2 amide bonds. The molecule has 1 aromatic carbocycles. The average molecular weight is 303 g/mol. The number of carbonyl (C=O) groups is 2. The molecule has 1 aliphatic rings. The zero-order valence-electron chi connectivity index (χ0n) is 13.1. The summed E-state index contributed by atoms with van der Waals surface area (Å²) in [7, 11) is 3.45. The molecular weight excluding hydrogens is 282 g/mol. The van der Waals surface area contributed by atoms with E-state index in [4.69, 9.17) is 4.74 Å².